The minimum Gasteiger partial charge on any atom is -0.352 e. The lowest BCUT2D eigenvalue weighted by Crippen LogP contribution is -2.36. The highest BCUT2D eigenvalue weighted by molar-refractivity contribution is 14.0. The number of thiazole rings is 1. The molecule has 2 aromatic rings. The Balaban J connectivity index is 0.00000364. The molecule has 0 aliphatic carbocycles. The zero-order chi connectivity index (χ0) is 19.4. The van der Waals surface area contributed by atoms with Gasteiger partial charge in [-0.15, -0.1) is 35.3 Å². The van der Waals surface area contributed by atoms with Gasteiger partial charge in [0, 0.05) is 19.0 Å². The third-order valence-corrected chi connectivity index (χ3v) is 4.96. The lowest BCUT2D eigenvalue weighted by Gasteiger charge is -2.11. The van der Waals surface area contributed by atoms with Crippen LogP contribution in [0.4, 0.5) is 13.2 Å². The Morgan fingerprint density at radius 3 is 2.30 bits per heavy atom. The van der Waals surface area contributed by atoms with E-state index in [2.05, 4.69) is 20.6 Å². The van der Waals surface area contributed by atoms with Gasteiger partial charge in [-0.2, -0.15) is 13.2 Å². The number of nitrogens with two attached hydrogens (primary N) is 1. The van der Waals surface area contributed by atoms with E-state index in [9.17, 15) is 21.6 Å². The fourth-order valence-corrected chi connectivity index (χ4v) is 3.14. The van der Waals surface area contributed by atoms with Crippen molar-refractivity contribution in [2.45, 2.75) is 24.2 Å². The molecule has 7 nitrogen and oxygen atoms in total. The first-order valence-corrected chi connectivity index (χ1v) is 9.60. The van der Waals surface area contributed by atoms with E-state index in [-0.39, 0.29) is 40.4 Å². The molecule has 4 N–H and O–H groups in total. The second-order valence-electron chi connectivity index (χ2n) is 5.09. The Bertz CT molecular complexity index is 883. The second-order valence-corrected chi connectivity index (χ2v) is 7.60. The molecule has 0 aliphatic rings. The van der Waals surface area contributed by atoms with Crippen molar-refractivity contribution in [1.29, 1.82) is 0 Å². The lowest BCUT2D eigenvalue weighted by molar-refractivity contribution is -0.140. The highest BCUT2D eigenvalue weighted by Crippen LogP contribution is 2.29. The second kappa shape index (κ2) is 9.66. The monoisotopic (exact) mass is 535 g/mol. The topological polar surface area (TPSA) is 109 Å². The molecule has 0 bridgehead atoms. The van der Waals surface area contributed by atoms with E-state index in [1.807, 2.05) is 0 Å². The Morgan fingerprint density at radius 1 is 1.22 bits per heavy atom. The molecular formula is C14H17F3IN5O2S2. The number of aliphatic imine (C=N–C) groups is 1. The Hall–Kier alpha value is -1.45. The molecule has 150 valence electrons. The van der Waals surface area contributed by atoms with Crippen molar-refractivity contribution in [3.05, 3.63) is 45.9 Å². The van der Waals surface area contributed by atoms with Gasteiger partial charge in [-0.05, 0) is 17.7 Å². The van der Waals surface area contributed by atoms with Crippen LogP contribution >= 0.6 is 35.3 Å². The Labute approximate surface area is 175 Å². The molecule has 1 aromatic carbocycles. The summed E-state index contributed by atoms with van der Waals surface area (Å²) < 4.78 is 60.0. The van der Waals surface area contributed by atoms with Crippen LogP contribution in [-0.2, 0) is 29.3 Å². The highest BCUT2D eigenvalue weighted by atomic mass is 127. The highest BCUT2D eigenvalue weighted by Gasteiger charge is 2.33. The maximum atomic E-state index is 12.5. The van der Waals surface area contributed by atoms with E-state index in [1.165, 1.54) is 19.2 Å². The van der Waals surface area contributed by atoms with E-state index in [0.29, 0.717) is 12.5 Å². The Kier molecular flexibility index (Phi) is 8.44. The summed E-state index contributed by atoms with van der Waals surface area (Å²) in [5.41, 5.74) is -0.147. The molecule has 27 heavy (non-hydrogen) atoms. The summed E-state index contributed by atoms with van der Waals surface area (Å²) in [5, 5.41) is 12.1. The van der Waals surface area contributed by atoms with Gasteiger partial charge in [0.2, 0.25) is 10.0 Å². The number of hydrogen-bond donors (Lipinski definition) is 3. The van der Waals surface area contributed by atoms with Crippen molar-refractivity contribution in [3.8, 4) is 0 Å². The molecular weight excluding hydrogens is 518 g/mol. The van der Waals surface area contributed by atoms with Crippen molar-refractivity contribution in [2.24, 2.45) is 10.1 Å². The smallest absolute Gasteiger partial charge is 0.352 e. The van der Waals surface area contributed by atoms with Gasteiger partial charge in [0.05, 0.1) is 11.4 Å². The average Bonchev–Trinajstić information content (AvgIpc) is 3.04. The van der Waals surface area contributed by atoms with Crippen molar-refractivity contribution < 1.29 is 21.6 Å². The largest absolute Gasteiger partial charge is 0.434 e. The van der Waals surface area contributed by atoms with Gasteiger partial charge < -0.3 is 10.6 Å². The van der Waals surface area contributed by atoms with E-state index in [4.69, 9.17) is 5.14 Å². The van der Waals surface area contributed by atoms with E-state index in [1.54, 1.807) is 12.1 Å². The zero-order valence-corrected chi connectivity index (χ0v) is 17.9. The van der Waals surface area contributed by atoms with Crippen molar-refractivity contribution in [3.63, 3.8) is 0 Å². The number of rotatable bonds is 5. The minimum atomic E-state index is -4.46. The number of alkyl halides is 3. The number of guanidine groups is 1. The molecule has 13 heteroatoms. The summed E-state index contributed by atoms with van der Waals surface area (Å²) in [6, 6.07) is 5.96. The summed E-state index contributed by atoms with van der Waals surface area (Å²) >= 11 is 0.902. The average molecular weight is 535 g/mol. The number of benzene rings is 1. The molecule has 0 spiro atoms. The van der Waals surface area contributed by atoms with Gasteiger partial charge >= 0.3 is 6.18 Å². The van der Waals surface area contributed by atoms with E-state index < -0.39 is 21.9 Å². The zero-order valence-electron chi connectivity index (χ0n) is 13.9. The van der Waals surface area contributed by atoms with Crippen LogP contribution in [0.3, 0.4) is 0 Å². The van der Waals surface area contributed by atoms with Crippen molar-refractivity contribution in [2.75, 3.05) is 7.05 Å². The van der Waals surface area contributed by atoms with Crippen molar-refractivity contribution >= 4 is 51.3 Å². The first-order valence-electron chi connectivity index (χ1n) is 7.17. The van der Waals surface area contributed by atoms with Gasteiger partial charge in [-0.1, -0.05) is 12.1 Å². The number of hydrogen-bond acceptors (Lipinski definition) is 5. The predicted molar refractivity (Wildman–Crippen MR) is 107 cm³/mol. The molecule has 0 amide bonds. The number of aromatic nitrogens is 1. The summed E-state index contributed by atoms with van der Waals surface area (Å²) in [6.07, 6.45) is -4.46. The summed E-state index contributed by atoms with van der Waals surface area (Å²) in [7, 11) is -2.23. The normalized spacial score (nSPS) is 12.4. The fourth-order valence-electron chi connectivity index (χ4n) is 1.88. The third-order valence-electron chi connectivity index (χ3n) is 3.18. The number of nitrogens with zero attached hydrogens (tertiary/aromatic N) is 2. The van der Waals surface area contributed by atoms with Gasteiger partial charge in [0.25, 0.3) is 0 Å². The molecule has 0 fully saturated rings. The number of nitrogens with one attached hydrogen (secondary N) is 2. The van der Waals surface area contributed by atoms with Gasteiger partial charge in [0.1, 0.15) is 5.01 Å². The van der Waals surface area contributed by atoms with Gasteiger partial charge in [-0.25, -0.2) is 18.5 Å². The predicted octanol–water partition coefficient (Wildman–Crippen LogP) is 2.29. The number of sulfonamides is 1. The fraction of sp³-hybridized carbons (Fsp3) is 0.286. The van der Waals surface area contributed by atoms with Crippen molar-refractivity contribution in [1.82, 2.24) is 15.6 Å². The van der Waals surface area contributed by atoms with E-state index >= 15 is 0 Å². The van der Waals surface area contributed by atoms with Crippen LogP contribution in [0.15, 0.2) is 39.5 Å². The van der Waals surface area contributed by atoms with Gasteiger partial charge in [0.15, 0.2) is 11.7 Å². The van der Waals surface area contributed by atoms with Crippen LogP contribution in [0.25, 0.3) is 0 Å². The number of primary sulfonamides is 1. The molecule has 0 unspecified atom stereocenters. The van der Waals surface area contributed by atoms with Gasteiger partial charge in [-0.3, -0.25) is 4.99 Å². The maximum absolute atomic E-state index is 12.5. The molecule has 0 aliphatic heterocycles. The summed E-state index contributed by atoms with van der Waals surface area (Å²) in [5.74, 6) is 0.365. The number of halogens is 4. The summed E-state index contributed by atoms with van der Waals surface area (Å²) in [4.78, 5) is 7.49. The molecule has 0 radical (unpaired) electrons. The van der Waals surface area contributed by atoms with Crippen LogP contribution in [0.1, 0.15) is 16.3 Å². The Morgan fingerprint density at radius 2 is 1.81 bits per heavy atom. The first-order chi connectivity index (χ1) is 12.1. The summed E-state index contributed by atoms with van der Waals surface area (Å²) in [6.45, 7) is 0.418. The van der Waals surface area contributed by atoms with Crippen LogP contribution in [0.2, 0.25) is 0 Å². The van der Waals surface area contributed by atoms with E-state index in [0.717, 1.165) is 22.3 Å². The molecule has 0 saturated heterocycles. The SMILES string of the molecule is CN=C(NCc1ccc(S(N)(=O)=O)cc1)NCc1nc(C(F)(F)F)cs1.I. The maximum Gasteiger partial charge on any atom is 0.434 e. The molecule has 0 atom stereocenters. The molecule has 1 aromatic heterocycles. The quantitative estimate of drug-likeness (QED) is 0.310. The van der Waals surface area contributed by atoms with Crippen LogP contribution in [0.5, 0.6) is 0 Å². The standard InChI is InChI=1S/C14H16F3N5O2S2.HI/c1-19-13(21-7-12-22-11(8-25-12)14(15,16)17)20-6-9-2-4-10(5-3-9)26(18,23)24;/h2-5,8H,6-7H2,1H3,(H2,18,23,24)(H2,19,20,21);1H. The molecule has 1 heterocycles. The van der Waals surface area contributed by atoms with Crippen LogP contribution in [0, 0.1) is 0 Å². The molecule has 2 rings (SSSR count). The molecule has 0 saturated carbocycles. The lowest BCUT2D eigenvalue weighted by atomic mass is 10.2. The first kappa shape index (κ1) is 23.6. The van der Waals surface area contributed by atoms with Crippen LogP contribution in [-0.4, -0.2) is 26.4 Å². The minimum absolute atomic E-state index is 0. The van der Waals surface area contributed by atoms with Crippen LogP contribution < -0.4 is 15.8 Å². The third kappa shape index (κ3) is 7.23.